The predicted octanol–water partition coefficient (Wildman–Crippen LogP) is 6.25. The molecule has 0 heterocycles. The molecule has 0 amide bonds. The summed E-state index contributed by atoms with van der Waals surface area (Å²) in [5.41, 5.74) is 3.23. The maximum atomic E-state index is 6.69. The van der Waals surface area contributed by atoms with E-state index >= 15 is 0 Å². The van der Waals surface area contributed by atoms with Gasteiger partial charge in [0.25, 0.3) is 0 Å². The molecule has 1 unspecified atom stereocenters. The molecule has 0 saturated carbocycles. The van der Waals surface area contributed by atoms with Gasteiger partial charge in [-0.1, -0.05) is 37.9 Å². The van der Waals surface area contributed by atoms with Gasteiger partial charge in [-0.3, -0.25) is 0 Å². The van der Waals surface area contributed by atoms with Gasteiger partial charge in [0.1, 0.15) is 5.75 Å². The summed E-state index contributed by atoms with van der Waals surface area (Å²) in [5.74, 6) is 0.831. The van der Waals surface area contributed by atoms with E-state index in [1.165, 1.54) is 0 Å². The summed E-state index contributed by atoms with van der Waals surface area (Å²) in [7, 11) is 0. The molecule has 2 rings (SSSR count). The van der Waals surface area contributed by atoms with Crippen LogP contribution in [-0.2, 0) is 0 Å². The fourth-order valence-corrected chi connectivity index (χ4v) is 3.37. The number of rotatable bonds is 4. The Morgan fingerprint density at radius 1 is 1.05 bits per heavy atom. The van der Waals surface area contributed by atoms with Gasteiger partial charge in [0.15, 0.2) is 0 Å². The zero-order valence-electron chi connectivity index (χ0n) is 11.3. The van der Waals surface area contributed by atoms with Gasteiger partial charge in [-0.2, -0.15) is 0 Å². The van der Waals surface area contributed by atoms with Crippen molar-refractivity contribution in [2.45, 2.75) is 19.2 Å². The largest absolute Gasteiger partial charge is 0.494 e. The molecule has 106 valence electrons. The van der Waals surface area contributed by atoms with Crippen molar-refractivity contribution in [1.29, 1.82) is 0 Å². The van der Waals surface area contributed by atoms with Crippen LogP contribution in [0.5, 0.6) is 5.75 Å². The maximum Gasteiger partial charge on any atom is 0.124 e. The number of aryl methyl sites for hydroxylation is 1. The lowest BCUT2D eigenvalue weighted by molar-refractivity contribution is 0.337. The van der Waals surface area contributed by atoms with Crippen molar-refractivity contribution < 1.29 is 4.74 Å². The molecular formula is C16H15Br2ClO. The average Bonchev–Trinajstić information content (AvgIpc) is 2.40. The molecule has 20 heavy (non-hydrogen) atoms. The fourth-order valence-electron chi connectivity index (χ4n) is 2.10. The van der Waals surface area contributed by atoms with Gasteiger partial charge < -0.3 is 4.74 Å². The van der Waals surface area contributed by atoms with Gasteiger partial charge in [0, 0.05) is 14.5 Å². The van der Waals surface area contributed by atoms with E-state index in [2.05, 4.69) is 44.8 Å². The van der Waals surface area contributed by atoms with Gasteiger partial charge in [-0.05, 0) is 55.3 Å². The number of alkyl halides is 1. The monoisotopic (exact) mass is 416 g/mol. The maximum absolute atomic E-state index is 6.69. The van der Waals surface area contributed by atoms with Crippen LogP contribution in [0.1, 0.15) is 29.0 Å². The van der Waals surface area contributed by atoms with Gasteiger partial charge in [-0.25, -0.2) is 0 Å². The fraction of sp³-hybridized carbons (Fsp3) is 0.250. The molecule has 2 aromatic rings. The van der Waals surface area contributed by atoms with Crippen LogP contribution in [0.3, 0.4) is 0 Å². The smallest absolute Gasteiger partial charge is 0.124 e. The van der Waals surface area contributed by atoms with Crippen molar-refractivity contribution in [3.05, 3.63) is 62.0 Å². The summed E-state index contributed by atoms with van der Waals surface area (Å²) in [4.78, 5) is 0. The Kier molecular flexibility index (Phi) is 5.53. The molecule has 0 N–H and O–H groups in total. The van der Waals surface area contributed by atoms with Crippen LogP contribution in [0.25, 0.3) is 0 Å². The molecule has 0 aliphatic rings. The van der Waals surface area contributed by atoms with Gasteiger partial charge in [0.05, 0.1) is 12.0 Å². The first-order valence-corrected chi connectivity index (χ1v) is 8.37. The zero-order chi connectivity index (χ0) is 14.7. The average molecular weight is 419 g/mol. The molecular weight excluding hydrogens is 403 g/mol. The van der Waals surface area contributed by atoms with E-state index in [1.54, 1.807) is 0 Å². The third kappa shape index (κ3) is 3.57. The van der Waals surface area contributed by atoms with Gasteiger partial charge >= 0.3 is 0 Å². The van der Waals surface area contributed by atoms with Crippen LogP contribution in [-0.4, -0.2) is 6.61 Å². The second-order valence-corrected chi connectivity index (χ2v) is 6.75. The molecule has 0 aliphatic carbocycles. The first-order valence-electron chi connectivity index (χ1n) is 6.35. The number of benzene rings is 2. The molecule has 2 aromatic carbocycles. The Balaban J connectivity index is 2.46. The van der Waals surface area contributed by atoms with Crippen LogP contribution in [0.4, 0.5) is 0 Å². The van der Waals surface area contributed by atoms with Crippen LogP contribution >= 0.6 is 43.5 Å². The summed E-state index contributed by atoms with van der Waals surface area (Å²) in [6.07, 6.45) is 0. The minimum atomic E-state index is -0.234. The number of ether oxygens (including phenoxy) is 1. The SMILES string of the molecule is CCOc1ccc(Br)cc1C(Cl)c1ccc(Br)cc1C. The molecule has 0 fully saturated rings. The van der Waals surface area contributed by atoms with Crippen molar-refractivity contribution in [1.82, 2.24) is 0 Å². The molecule has 0 saturated heterocycles. The highest BCUT2D eigenvalue weighted by Crippen LogP contribution is 2.38. The predicted molar refractivity (Wildman–Crippen MR) is 91.9 cm³/mol. The van der Waals surface area contributed by atoms with Crippen molar-refractivity contribution in [3.8, 4) is 5.75 Å². The van der Waals surface area contributed by atoms with E-state index in [4.69, 9.17) is 16.3 Å². The molecule has 0 spiro atoms. The topological polar surface area (TPSA) is 9.23 Å². The minimum absolute atomic E-state index is 0.234. The van der Waals surface area contributed by atoms with E-state index in [0.29, 0.717) is 6.61 Å². The van der Waals surface area contributed by atoms with Crippen molar-refractivity contribution in [3.63, 3.8) is 0 Å². The summed E-state index contributed by atoms with van der Waals surface area (Å²) in [6.45, 7) is 4.66. The lowest BCUT2D eigenvalue weighted by Crippen LogP contribution is -2.01. The van der Waals surface area contributed by atoms with Crippen LogP contribution in [0.2, 0.25) is 0 Å². The molecule has 0 aromatic heterocycles. The quantitative estimate of drug-likeness (QED) is 0.534. The van der Waals surface area contributed by atoms with Gasteiger partial charge in [-0.15, -0.1) is 11.6 Å². The van der Waals surface area contributed by atoms with Crippen molar-refractivity contribution in [2.75, 3.05) is 6.61 Å². The summed E-state index contributed by atoms with van der Waals surface area (Å²) in [6, 6.07) is 12.1. The minimum Gasteiger partial charge on any atom is -0.494 e. The van der Waals surface area contributed by atoms with E-state index in [9.17, 15) is 0 Å². The summed E-state index contributed by atoms with van der Waals surface area (Å²) >= 11 is 13.7. The zero-order valence-corrected chi connectivity index (χ0v) is 15.2. The van der Waals surface area contributed by atoms with Crippen LogP contribution < -0.4 is 4.74 Å². The molecule has 1 nitrogen and oxygen atoms in total. The van der Waals surface area contributed by atoms with Crippen molar-refractivity contribution in [2.24, 2.45) is 0 Å². The highest BCUT2D eigenvalue weighted by molar-refractivity contribution is 9.10. The Morgan fingerprint density at radius 3 is 2.35 bits per heavy atom. The third-order valence-corrected chi connectivity index (χ3v) is 4.51. The Hall–Kier alpha value is -0.510. The standard InChI is InChI=1S/C16H15Br2ClO/c1-3-20-15-7-5-12(18)9-14(15)16(19)13-6-4-11(17)8-10(13)2/h4-9,16H,3H2,1-2H3. The molecule has 1 atom stereocenters. The van der Waals surface area contributed by atoms with E-state index in [0.717, 1.165) is 31.4 Å². The Bertz CT molecular complexity index is 613. The molecule has 4 heteroatoms. The number of hydrogen-bond acceptors (Lipinski definition) is 1. The van der Waals surface area contributed by atoms with Crippen molar-refractivity contribution >= 4 is 43.5 Å². The third-order valence-electron chi connectivity index (χ3n) is 3.05. The first kappa shape index (κ1) is 15.9. The van der Waals surface area contributed by atoms with Crippen LogP contribution in [0, 0.1) is 6.92 Å². The van der Waals surface area contributed by atoms with Gasteiger partial charge in [0.2, 0.25) is 0 Å². The van der Waals surface area contributed by atoms with E-state index in [-0.39, 0.29) is 5.38 Å². The van der Waals surface area contributed by atoms with E-state index in [1.807, 2.05) is 37.3 Å². The second kappa shape index (κ2) is 6.97. The summed E-state index contributed by atoms with van der Waals surface area (Å²) in [5, 5.41) is -0.234. The number of halogens is 3. The first-order chi connectivity index (χ1) is 9.52. The van der Waals surface area contributed by atoms with E-state index < -0.39 is 0 Å². The Labute approximate surface area is 141 Å². The lowest BCUT2D eigenvalue weighted by atomic mass is 9.99. The number of hydrogen-bond donors (Lipinski definition) is 0. The lowest BCUT2D eigenvalue weighted by Gasteiger charge is -2.17. The summed E-state index contributed by atoms with van der Waals surface area (Å²) < 4.78 is 7.74. The molecule has 0 radical (unpaired) electrons. The molecule has 0 bridgehead atoms. The van der Waals surface area contributed by atoms with Crippen LogP contribution in [0.15, 0.2) is 45.3 Å². The highest BCUT2D eigenvalue weighted by Gasteiger charge is 2.18. The highest BCUT2D eigenvalue weighted by atomic mass is 79.9. The Morgan fingerprint density at radius 2 is 1.70 bits per heavy atom. The molecule has 0 aliphatic heterocycles. The second-order valence-electron chi connectivity index (χ2n) is 4.48. The normalized spacial score (nSPS) is 12.2.